The Morgan fingerprint density at radius 3 is 2.43 bits per heavy atom. The summed E-state index contributed by atoms with van der Waals surface area (Å²) in [6, 6.07) is 11.4. The van der Waals surface area contributed by atoms with Gasteiger partial charge >= 0.3 is 0 Å². The normalized spacial score (nSPS) is 12.3. The average molecular weight is 351 g/mol. The maximum Gasteiger partial charge on any atom is 0.126 e. The third kappa shape index (κ3) is 3.83. The molecule has 0 aliphatic heterocycles. The van der Waals surface area contributed by atoms with Crippen LogP contribution in [0.4, 0.5) is 10.1 Å². The molecule has 112 valence electrons. The highest BCUT2D eigenvalue weighted by Gasteiger charge is 2.14. The van der Waals surface area contributed by atoms with Crippen molar-refractivity contribution in [2.45, 2.75) is 26.4 Å². The molecule has 0 saturated carbocycles. The molecule has 1 atom stereocenters. The number of hydrogen-bond acceptors (Lipinski definition) is 2. The van der Waals surface area contributed by atoms with E-state index >= 15 is 0 Å². The molecule has 2 aromatic carbocycles. The maximum absolute atomic E-state index is 13.8. The molecule has 0 heterocycles. The van der Waals surface area contributed by atoms with Crippen molar-refractivity contribution in [3.63, 3.8) is 0 Å². The van der Waals surface area contributed by atoms with E-state index in [9.17, 15) is 4.39 Å². The van der Waals surface area contributed by atoms with E-state index in [1.54, 1.807) is 13.0 Å². The van der Waals surface area contributed by atoms with E-state index in [1.165, 1.54) is 5.56 Å². The maximum atomic E-state index is 13.8. The molecule has 21 heavy (non-hydrogen) atoms. The van der Waals surface area contributed by atoms with Gasteiger partial charge in [0.25, 0.3) is 0 Å². The SMILES string of the molecule is Cc1cc(N(C)Cc2ccc(Br)cc2)c([C@H](C)N)cc1F. The van der Waals surface area contributed by atoms with Gasteiger partial charge in [0.1, 0.15) is 5.82 Å². The summed E-state index contributed by atoms with van der Waals surface area (Å²) < 4.78 is 14.8. The highest BCUT2D eigenvalue weighted by Crippen LogP contribution is 2.28. The average Bonchev–Trinajstić information content (AvgIpc) is 2.43. The molecule has 0 saturated heterocycles. The Hall–Kier alpha value is -1.39. The molecule has 0 fully saturated rings. The number of anilines is 1. The molecule has 2 N–H and O–H groups in total. The van der Waals surface area contributed by atoms with Crippen LogP contribution in [0.3, 0.4) is 0 Å². The largest absolute Gasteiger partial charge is 0.370 e. The van der Waals surface area contributed by atoms with Gasteiger partial charge in [0.2, 0.25) is 0 Å². The number of nitrogens with two attached hydrogens (primary N) is 1. The van der Waals surface area contributed by atoms with Crippen LogP contribution in [0.15, 0.2) is 40.9 Å². The van der Waals surface area contributed by atoms with Gasteiger partial charge in [-0.1, -0.05) is 28.1 Å². The Kier molecular flexibility index (Phi) is 5.01. The fourth-order valence-corrected chi connectivity index (χ4v) is 2.59. The Balaban J connectivity index is 2.31. The quantitative estimate of drug-likeness (QED) is 0.876. The summed E-state index contributed by atoms with van der Waals surface area (Å²) in [5.74, 6) is -0.205. The van der Waals surface area contributed by atoms with Crippen LogP contribution in [0.2, 0.25) is 0 Å². The van der Waals surface area contributed by atoms with Gasteiger partial charge in [0, 0.05) is 29.8 Å². The Bertz CT molecular complexity index is 623. The molecule has 0 amide bonds. The number of nitrogens with zero attached hydrogens (tertiary/aromatic N) is 1. The highest BCUT2D eigenvalue weighted by molar-refractivity contribution is 9.10. The van der Waals surface area contributed by atoms with Gasteiger partial charge in [-0.25, -0.2) is 4.39 Å². The van der Waals surface area contributed by atoms with Gasteiger partial charge in [0.15, 0.2) is 0 Å². The molecule has 0 radical (unpaired) electrons. The predicted molar refractivity (Wildman–Crippen MR) is 90.0 cm³/mol. The van der Waals surface area contributed by atoms with Crippen LogP contribution >= 0.6 is 15.9 Å². The summed E-state index contributed by atoms with van der Waals surface area (Å²) in [7, 11) is 2.00. The van der Waals surface area contributed by atoms with Gasteiger partial charge in [-0.15, -0.1) is 0 Å². The van der Waals surface area contributed by atoms with Gasteiger partial charge < -0.3 is 10.6 Å². The van der Waals surface area contributed by atoms with Crippen LogP contribution in [0.5, 0.6) is 0 Å². The minimum Gasteiger partial charge on any atom is -0.370 e. The predicted octanol–water partition coefficient (Wildman–Crippen LogP) is 4.55. The van der Waals surface area contributed by atoms with Crippen molar-refractivity contribution >= 4 is 21.6 Å². The second-order valence-corrected chi connectivity index (χ2v) is 6.35. The molecule has 2 aromatic rings. The number of halogens is 2. The number of aryl methyl sites for hydroxylation is 1. The lowest BCUT2D eigenvalue weighted by molar-refractivity contribution is 0.612. The number of hydrogen-bond donors (Lipinski definition) is 1. The van der Waals surface area contributed by atoms with Crippen molar-refractivity contribution in [1.82, 2.24) is 0 Å². The molecular weight excluding hydrogens is 331 g/mol. The molecular formula is C17H20BrFN2. The number of benzene rings is 2. The lowest BCUT2D eigenvalue weighted by Crippen LogP contribution is -2.20. The number of rotatable bonds is 4. The van der Waals surface area contributed by atoms with E-state index in [-0.39, 0.29) is 11.9 Å². The lowest BCUT2D eigenvalue weighted by atomic mass is 10.0. The van der Waals surface area contributed by atoms with Crippen molar-refractivity contribution in [3.8, 4) is 0 Å². The van der Waals surface area contributed by atoms with Gasteiger partial charge in [-0.2, -0.15) is 0 Å². The topological polar surface area (TPSA) is 29.3 Å². The molecule has 0 unspecified atom stereocenters. The highest BCUT2D eigenvalue weighted by atomic mass is 79.9. The van der Waals surface area contributed by atoms with Crippen LogP contribution in [0.1, 0.15) is 29.7 Å². The van der Waals surface area contributed by atoms with Crippen molar-refractivity contribution in [3.05, 3.63) is 63.4 Å². The molecule has 0 aromatic heterocycles. The van der Waals surface area contributed by atoms with Crippen molar-refractivity contribution < 1.29 is 4.39 Å². The third-order valence-electron chi connectivity index (χ3n) is 3.54. The first-order valence-electron chi connectivity index (χ1n) is 6.89. The first kappa shape index (κ1) is 16.0. The van der Waals surface area contributed by atoms with Crippen LogP contribution in [0.25, 0.3) is 0 Å². The summed E-state index contributed by atoms with van der Waals surface area (Å²) in [5, 5.41) is 0. The van der Waals surface area contributed by atoms with Crippen molar-refractivity contribution in [1.29, 1.82) is 0 Å². The zero-order valence-corrected chi connectivity index (χ0v) is 14.1. The molecule has 2 nitrogen and oxygen atoms in total. The van der Waals surface area contributed by atoms with Gasteiger partial charge in [-0.05, 0) is 54.8 Å². The first-order chi connectivity index (χ1) is 9.88. The van der Waals surface area contributed by atoms with E-state index in [1.807, 2.05) is 32.2 Å². The van der Waals surface area contributed by atoms with Gasteiger partial charge in [-0.3, -0.25) is 0 Å². The first-order valence-corrected chi connectivity index (χ1v) is 7.69. The van der Waals surface area contributed by atoms with E-state index in [2.05, 4.69) is 33.0 Å². The minimum atomic E-state index is -0.206. The Morgan fingerprint density at radius 2 is 1.86 bits per heavy atom. The standard InChI is InChI=1S/C17H20BrFN2/c1-11-8-17(15(12(2)20)9-16(11)19)21(3)10-13-4-6-14(18)7-5-13/h4-9,12H,10,20H2,1-3H3/t12-/m0/s1. The van der Waals surface area contributed by atoms with Crippen molar-refractivity contribution in [2.24, 2.45) is 5.73 Å². The zero-order valence-electron chi connectivity index (χ0n) is 12.5. The third-order valence-corrected chi connectivity index (χ3v) is 4.07. The summed E-state index contributed by atoms with van der Waals surface area (Å²) in [6.07, 6.45) is 0. The summed E-state index contributed by atoms with van der Waals surface area (Å²) in [4.78, 5) is 2.11. The Morgan fingerprint density at radius 1 is 1.24 bits per heavy atom. The lowest BCUT2D eigenvalue weighted by Gasteiger charge is -2.25. The van der Waals surface area contributed by atoms with E-state index in [4.69, 9.17) is 5.73 Å². The fraction of sp³-hybridized carbons (Fsp3) is 0.294. The van der Waals surface area contributed by atoms with E-state index in [0.29, 0.717) is 5.56 Å². The Labute approximate surface area is 133 Å². The molecule has 0 bridgehead atoms. The molecule has 4 heteroatoms. The smallest absolute Gasteiger partial charge is 0.126 e. The van der Waals surface area contributed by atoms with Crippen LogP contribution in [-0.4, -0.2) is 7.05 Å². The zero-order chi connectivity index (χ0) is 15.6. The van der Waals surface area contributed by atoms with E-state index < -0.39 is 0 Å². The second kappa shape index (κ2) is 6.58. The fourth-order valence-electron chi connectivity index (χ4n) is 2.33. The molecule has 0 aliphatic carbocycles. The monoisotopic (exact) mass is 350 g/mol. The second-order valence-electron chi connectivity index (χ2n) is 5.43. The molecule has 0 spiro atoms. The van der Waals surface area contributed by atoms with Gasteiger partial charge in [0.05, 0.1) is 0 Å². The van der Waals surface area contributed by atoms with Crippen molar-refractivity contribution in [2.75, 3.05) is 11.9 Å². The molecule has 2 rings (SSSR count). The van der Waals surface area contributed by atoms with Crippen LogP contribution < -0.4 is 10.6 Å². The van der Waals surface area contributed by atoms with Crippen LogP contribution in [-0.2, 0) is 6.54 Å². The van der Waals surface area contributed by atoms with E-state index in [0.717, 1.165) is 22.3 Å². The van der Waals surface area contributed by atoms with Crippen LogP contribution in [0, 0.1) is 12.7 Å². The molecule has 0 aliphatic rings. The summed E-state index contributed by atoms with van der Waals surface area (Å²) >= 11 is 3.43. The minimum absolute atomic E-state index is 0.205. The summed E-state index contributed by atoms with van der Waals surface area (Å²) in [6.45, 7) is 4.40. The summed E-state index contributed by atoms with van der Waals surface area (Å²) in [5.41, 5.74) is 9.62.